The summed E-state index contributed by atoms with van der Waals surface area (Å²) in [6.45, 7) is 2.38. The minimum atomic E-state index is -0.148. The van der Waals surface area contributed by atoms with E-state index in [2.05, 4.69) is 229 Å². The van der Waals surface area contributed by atoms with Crippen molar-refractivity contribution in [1.82, 2.24) is 4.57 Å². The van der Waals surface area contributed by atoms with Gasteiger partial charge in [-0.3, -0.25) is 0 Å². The fourth-order valence-corrected chi connectivity index (χ4v) is 9.20. The van der Waals surface area contributed by atoms with E-state index in [0.717, 1.165) is 17.8 Å². The maximum atomic E-state index is 2.43. The highest BCUT2D eigenvalue weighted by atomic mass is 15.1. The monoisotopic (exact) mass is 728 g/mol. The lowest BCUT2D eigenvalue weighted by molar-refractivity contribution is 0.601. The number of allylic oxidation sites excluding steroid dienone is 3. The van der Waals surface area contributed by atoms with Gasteiger partial charge >= 0.3 is 0 Å². The standard InChI is InChI=1S/C55H40N2/c1-55(52-20-11-19-48-47-17-8-7-13-40(47)25-30-49(48)52)34-32-45(33-35-55)56(46-29-24-38-12-5-6-14-41(38)36-46)44-27-22-39(23-28-44)42-26-31-51-50-18-9-10-21-53(50)57(54(51)37-42)43-15-3-2-4-16-43/h2-34,36-37H,35H2,1H3. The Morgan fingerprint density at radius 1 is 0.456 bits per heavy atom. The Labute approximate surface area is 332 Å². The van der Waals surface area contributed by atoms with Crippen LogP contribution in [0.3, 0.4) is 0 Å². The van der Waals surface area contributed by atoms with E-state index in [-0.39, 0.29) is 5.41 Å². The van der Waals surface area contributed by atoms with Crippen LogP contribution in [0.1, 0.15) is 18.9 Å². The molecule has 1 aromatic heterocycles. The topological polar surface area (TPSA) is 8.17 Å². The van der Waals surface area contributed by atoms with Gasteiger partial charge in [0.1, 0.15) is 0 Å². The number of benzene rings is 9. The van der Waals surface area contributed by atoms with Crippen LogP contribution in [0.25, 0.3) is 70.9 Å². The van der Waals surface area contributed by atoms with Gasteiger partial charge in [-0.2, -0.15) is 0 Å². The molecule has 2 nitrogen and oxygen atoms in total. The second kappa shape index (κ2) is 13.3. The minimum Gasteiger partial charge on any atom is -0.311 e. The van der Waals surface area contributed by atoms with Crippen LogP contribution in [0.15, 0.2) is 218 Å². The fraction of sp³-hybridized carbons (Fsp3) is 0.0545. The fourth-order valence-electron chi connectivity index (χ4n) is 9.20. The Hall–Kier alpha value is -7.16. The van der Waals surface area contributed by atoms with E-state index in [9.17, 15) is 0 Å². The van der Waals surface area contributed by atoms with Crippen LogP contribution in [0, 0.1) is 0 Å². The van der Waals surface area contributed by atoms with E-state index in [0.29, 0.717) is 0 Å². The normalized spacial score (nSPS) is 15.5. The maximum absolute atomic E-state index is 2.43. The van der Waals surface area contributed by atoms with Crippen molar-refractivity contribution in [2.45, 2.75) is 18.8 Å². The van der Waals surface area contributed by atoms with Crippen LogP contribution in [0.5, 0.6) is 0 Å². The van der Waals surface area contributed by atoms with Crippen molar-refractivity contribution in [2.24, 2.45) is 0 Å². The van der Waals surface area contributed by atoms with Crippen LogP contribution in [-0.2, 0) is 5.41 Å². The van der Waals surface area contributed by atoms with Gasteiger partial charge in [-0.05, 0) is 110 Å². The van der Waals surface area contributed by atoms with E-state index in [1.807, 2.05) is 0 Å². The predicted octanol–water partition coefficient (Wildman–Crippen LogP) is 14.9. The SMILES string of the molecule is CC1(c2cccc3c2ccc2ccccc23)C=CC(N(c2ccc(-c3ccc4c5ccccc5n(-c5ccccc5)c4c3)cc2)c2ccc3ccccc3c2)=CC1. The molecule has 0 saturated carbocycles. The third kappa shape index (κ3) is 5.56. The average molecular weight is 729 g/mol. The first-order chi connectivity index (χ1) is 28.1. The van der Waals surface area contributed by atoms with Crippen molar-refractivity contribution in [3.8, 4) is 16.8 Å². The summed E-state index contributed by atoms with van der Waals surface area (Å²) in [5, 5.41) is 10.2. The lowest BCUT2D eigenvalue weighted by Gasteiger charge is -2.34. The summed E-state index contributed by atoms with van der Waals surface area (Å²) >= 11 is 0. The molecule has 1 heterocycles. The first-order valence-electron chi connectivity index (χ1n) is 19.9. The quantitative estimate of drug-likeness (QED) is 0.155. The zero-order chi connectivity index (χ0) is 37.9. The van der Waals surface area contributed by atoms with E-state index in [1.165, 1.54) is 82.2 Å². The van der Waals surface area contributed by atoms with E-state index >= 15 is 0 Å². The summed E-state index contributed by atoms with van der Waals surface area (Å²) in [6, 6.07) is 71.0. The van der Waals surface area contributed by atoms with Gasteiger partial charge in [0.15, 0.2) is 0 Å². The molecule has 0 amide bonds. The van der Waals surface area contributed by atoms with Gasteiger partial charge in [0, 0.05) is 38.9 Å². The molecule has 10 aromatic rings. The van der Waals surface area contributed by atoms with Crippen molar-refractivity contribution in [3.63, 3.8) is 0 Å². The van der Waals surface area contributed by atoms with Crippen LogP contribution in [-0.4, -0.2) is 4.57 Å². The molecule has 1 atom stereocenters. The maximum Gasteiger partial charge on any atom is 0.0547 e. The molecule has 1 aliphatic rings. The number of rotatable bonds is 6. The number of nitrogens with zero attached hydrogens (tertiary/aromatic N) is 2. The minimum absolute atomic E-state index is 0.148. The molecule has 1 aliphatic carbocycles. The van der Waals surface area contributed by atoms with Crippen molar-refractivity contribution >= 4 is 65.5 Å². The summed E-state index contributed by atoms with van der Waals surface area (Å²) in [5.41, 5.74) is 10.6. The molecule has 0 aliphatic heterocycles. The van der Waals surface area contributed by atoms with Gasteiger partial charge in [-0.25, -0.2) is 0 Å². The number of hydrogen-bond donors (Lipinski definition) is 0. The van der Waals surface area contributed by atoms with E-state index in [1.54, 1.807) is 0 Å². The highest BCUT2D eigenvalue weighted by molar-refractivity contribution is 6.11. The molecule has 270 valence electrons. The van der Waals surface area contributed by atoms with Gasteiger partial charge in [-0.15, -0.1) is 0 Å². The molecule has 0 saturated heterocycles. The van der Waals surface area contributed by atoms with E-state index < -0.39 is 0 Å². The number of fused-ring (bicyclic) bond motifs is 7. The van der Waals surface area contributed by atoms with E-state index in [4.69, 9.17) is 0 Å². The Morgan fingerprint density at radius 3 is 1.93 bits per heavy atom. The second-order valence-corrected chi connectivity index (χ2v) is 15.6. The summed E-state index contributed by atoms with van der Waals surface area (Å²) in [5.74, 6) is 0. The van der Waals surface area contributed by atoms with Gasteiger partial charge in [0.05, 0.1) is 11.0 Å². The Balaban J connectivity index is 0.985. The van der Waals surface area contributed by atoms with Gasteiger partial charge < -0.3 is 9.47 Å². The zero-order valence-corrected chi connectivity index (χ0v) is 31.8. The number of anilines is 2. The van der Waals surface area contributed by atoms with Crippen LogP contribution >= 0.6 is 0 Å². The average Bonchev–Trinajstić information content (AvgIpc) is 3.61. The molecule has 0 bridgehead atoms. The summed E-state index contributed by atoms with van der Waals surface area (Å²) < 4.78 is 2.39. The Kier molecular flexibility index (Phi) is 7.72. The summed E-state index contributed by atoms with van der Waals surface area (Å²) in [7, 11) is 0. The van der Waals surface area contributed by atoms with Crippen LogP contribution in [0.4, 0.5) is 11.4 Å². The second-order valence-electron chi connectivity index (χ2n) is 15.6. The van der Waals surface area contributed by atoms with Crippen molar-refractivity contribution in [3.05, 3.63) is 224 Å². The van der Waals surface area contributed by atoms with Crippen LogP contribution in [0.2, 0.25) is 0 Å². The van der Waals surface area contributed by atoms with Crippen LogP contribution < -0.4 is 4.90 Å². The number of para-hydroxylation sites is 2. The number of aromatic nitrogens is 1. The van der Waals surface area contributed by atoms with Gasteiger partial charge in [0.2, 0.25) is 0 Å². The zero-order valence-electron chi connectivity index (χ0n) is 31.8. The third-order valence-corrected chi connectivity index (χ3v) is 12.2. The highest BCUT2D eigenvalue weighted by Gasteiger charge is 2.29. The predicted molar refractivity (Wildman–Crippen MR) is 243 cm³/mol. The molecular formula is C55H40N2. The van der Waals surface area contributed by atoms with Gasteiger partial charge in [-0.1, -0.05) is 165 Å². The lowest BCUT2D eigenvalue weighted by Crippen LogP contribution is -2.24. The molecule has 11 rings (SSSR count). The lowest BCUT2D eigenvalue weighted by atomic mass is 9.74. The molecular weight excluding hydrogens is 689 g/mol. The molecule has 1 unspecified atom stereocenters. The smallest absolute Gasteiger partial charge is 0.0547 e. The molecule has 9 aromatic carbocycles. The molecule has 0 fully saturated rings. The largest absolute Gasteiger partial charge is 0.311 e. The first-order valence-corrected chi connectivity index (χ1v) is 19.9. The van der Waals surface area contributed by atoms with Crippen molar-refractivity contribution in [1.29, 1.82) is 0 Å². The molecule has 0 spiro atoms. The van der Waals surface area contributed by atoms with Crippen molar-refractivity contribution < 1.29 is 0 Å². The Morgan fingerprint density at radius 2 is 1.11 bits per heavy atom. The molecule has 0 radical (unpaired) electrons. The number of hydrogen-bond acceptors (Lipinski definition) is 1. The molecule has 0 N–H and O–H groups in total. The molecule has 2 heteroatoms. The summed E-state index contributed by atoms with van der Waals surface area (Å²) in [6.07, 6.45) is 8.08. The van der Waals surface area contributed by atoms with Gasteiger partial charge in [0.25, 0.3) is 0 Å². The molecule has 57 heavy (non-hydrogen) atoms. The first kappa shape index (κ1) is 33.2. The highest BCUT2D eigenvalue weighted by Crippen LogP contribution is 2.43. The van der Waals surface area contributed by atoms with Crippen molar-refractivity contribution in [2.75, 3.05) is 4.90 Å². The summed E-state index contributed by atoms with van der Waals surface area (Å²) in [4.78, 5) is 2.42. The Bertz CT molecular complexity index is 3220. The third-order valence-electron chi connectivity index (χ3n) is 12.2.